The number of amides is 1. The highest BCUT2D eigenvalue weighted by molar-refractivity contribution is 5.94. The maximum Gasteiger partial charge on any atom is 0.354 e. The summed E-state index contributed by atoms with van der Waals surface area (Å²) in [7, 11) is 0. The standard InChI is InChI=1S/C18H18N2O5/c1-2-20(17(21)13-6-5-7-14(19-13)18(22)23)10-12-11-24-15-8-3-4-9-16(15)25-12/h3-9,12H,2,10-11H2,1H3,(H,22,23). The van der Waals surface area contributed by atoms with Crippen LogP contribution in [0.5, 0.6) is 11.5 Å². The molecule has 1 aromatic carbocycles. The van der Waals surface area contributed by atoms with E-state index in [1.165, 1.54) is 18.2 Å². The first-order valence-corrected chi connectivity index (χ1v) is 7.96. The van der Waals surface area contributed by atoms with Gasteiger partial charge in [0.15, 0.2) is 17.6 Å². The van der Waals surface area contributed by atoms with Crippen LogP contribution in [0.25, 0.3) is 0 Å². The van der Waals surface area contributed by atoms with E-state index in [1.54, 1.807) is 4.90 Å². The van der Waals surface area contributed by atoms with Gasteiger partial charge in [-0.2, -0.15) is 0 Å². The molecule has 25 heavy (non-hydrogen) atoms. The van der Waals surface area contributed by atoms with Crippen LogP contribution >= 0.6 is 0 Å². The van der Waals surface area contributed by atoms with E-state index in [1.807, 2.05) is 31.2 Å². The van der Waals surface area contributed by atoms with E-state index in [4.69, 9.17) is 14.6 Å². The fourth-order valence-electron chi connectivity index (χ4n) is 2.59. The van der Waals surface area contributed by atoms with Crippen molar-refractivity contribution in [3.8, 4) is 11.5 Å². The van der Waals surface area contributed by atoms with E-state index in [2.05, 4.69) is 4.98 Å². The summed E-state index contributed by atoms with van der Waals surface area (Å²) >= 11 is 0. The molecule has 1 unspecified atom stereocenters. The number of pyridine rings is 1. The van der Waals surface area contributed by atoms with E-state index >= 15 is 0 Å². The van der Waals surface area contributed by atoms with Crippen molar-refractivity contribution in [2.75, 3.05) is 19.7 Å². The molecule has 1 aliphatic rings. The molecule has 2 aromatic rings. The summed E-state index contributed by atoms with van der Waals surface area (Å²) in [5.41, 5.74) is -0.0630. The first kappa shape index (κ1) is 16.8. The van der Waals surface area contributed by atoms with Crippen molar-refractivity contribution in [1.82, 2.24) is 9.88 Å². The Kier molecular flexibility index (Phi) is 4.83. The van der Waals surface area contributed by atoms with Gasteiger partial charge in [0.05, 0.1) is 6.54 Å². The maximum absolute atomic E-state index is 12.6. The number of carbonyl (C=O) groups excluding carboxylic acids is 1. The van der Waals surface area contributed by atoms with Gasteiger partial charge in [-0.3, -0.25) is 4.79 Å². The van der Waals surface area contributed by atoms with Gasteiger partial charge in [0.25, 0.3) is 5.91 Å². The molecule has 3 rings (SSSR count). The van der Waals surface area contributed by atoms with Crippen LogP contribution in [0.2, 0.25) is 0 Å². The number of para-hydroxylation sites is 2. The number of hydrogen-bond donors (Lipinski definition) is 1. The van der Waals surface area contributed by atoms with Gasteiger partial charge >= 0.3 is 5.97 Å². The summed E-state index contributed by atoms with van der Waals surface area (Å²) in [6.45, 7) is 2.95. The molecule has 0 saturated heterocycles. The highest BCUT2D eigenvalue weighted by Gasteiger charge is 2.26. The van der Waals surface area contributed by atoms with Crippen LogP contribution in [0.15, 0.2) is 42.5 Å². The summed E-state index contributed by atoms with van der Waals surface area (Å²) in [4.78, 5) is 29.1. The Balaban J connectivity index is 1.71. The van der Waals surface area contributed by atoms with E-state index in [-0.39, 0.29) is 23.4 Å². The van der Waals surface area contributed by atoms with Gasteiger partial charge in [0, 0.05) is 6.54 Å². The van der Waals surface area contributed by atoms with Gasteiger partial charge < -0.3 is 19.5 Å². The number of hydrogen-bond acceptors (Lipinski definition) is 5. The van der Waals surface area contributed by atoms with Crippen molar-refractivity contribution in [3.63, 3.8) is 0 Å². The Hall–Kier alpha value is -3.09. The molecule has 0 spiro atoms. The summed E-state index contributed by atoms with van der Waals surface area (Å²) in [5, 5.41) is 9.02. The fourth-order valence-corrected chi connectivity index (χ4v) is 2.59. The number of nitrogens with zero attached hydrogens (tertiary/aromatic N) is 2. The molecular formula is C18H18N2O5. The lowest BCUT2D eigenvalue weighted by molar-refractivity contribution is 0.0471. The topological polar surface area (TPSA) is 89.0 Å². The highest BCUT2D eigenvalue weighted by Crippen LogP contribution is 2.31. The molecule has 0 radical (unpaired) electrons. The van der Waals surface area contributed by atoms with Gasteiger partial charge in [0.1, 0.15) is 18.0 Å². The molecule has 2 heterocycles. The molecule has 1 N–H and O–H groups in total. The number of aromatic carboxylic acids is 1. The van der Waals surface area contributed by atoms with E-state index in [9.17, 15) is 9.59 Å². The van der Waals surface area contributed by atoms with Crippen LogP contribution < -0.4 is 9.47 Å². The zero-order chi connectivity index (χ0) is 17.8. The van der Waals surface area contributed by atoms with Crippen molar-refractivity contribution < 1.29 is 24.2 Å². The number of aromatic nitrogens is 1. The summed E-state index contributed by atoms with van der Waals surface area (Å²) in [6, 6.07) is 11.7. The van der Waals surface area contributed by atoms with Crippen LogP contribution in [0, 0.1) is 0 Å². The van der Waals surface area contributed by atoms with Gasteiger partial charge in [-0.15, -0.1) is 0 Å². The first-order chi connectivity index (χ1) is 12.1. The molecule has 0 saturated carbocycles. The van der Waals surface area contributed by atoms with Crippen LogP contribution in [-0.4, -0.2) is 52.7 Å². The van der Waals surface area contributed by atoms with Crippen LogP contribution in [-0.2, 0) is 0 Å². The molecule has 1 aromatic heterocycles. The molecule has 7 nitrogen and oxygen atoms in total. The second-order valence-corrected chi connectivity index (χ2v) is 5.55. The molecule has 1 atom stereocenters. The Labute approximate surface area is 144 Å². The summed E-state index contributed by atoms with van der Waals surface area (Å²) in [5.74, 6) is -0.177. The molecule has 0 fully saturated rings. The number of carboxylic acids is 1. The largest absolute Gasteiger partial charge is 0.486 e. The molecule has 7 heteroatoms. The molecule has 130 valence electrons. The molecule has 1 aliphatic heterocycles. The smallest absolute Gasteiger partial charge is 0.354 e. The summed E-state index contributed by atoms with van der Waals surface area (Å²) in [6.07, 6.45) is -0.304. The lowest BCUT2D eigenvalue weighted by atomic mass is 10.2. The number of likely N-dealkylation sites (N-methyl/N-ethyl adjacent to an activating group) is 1. The molecule has 1 amide bonds. The van der Waals surface area contributed by atoms with Crippen LogP contribution in [0.3, 0.4) is 0 Å². The normalized spacial score (nSPS) is 15.5. The Morgan fingerprint density at radius 2 is 1.88 bits per heavy atom. The number of fused-ring (bicyclic) bond motifs is 1. The highest BCUT2D eigenvalue weighted by atomic mass is 16.6. The number of carbonyl (C=O) groups is 2. The number of benzene rings is 1. The predicted molar refractivity (Wildman–Crippen MR) is 89.1 cm³/mol. The van der Waals surface area contributed by atoms with E-state index in [0.717, 1.165) is 0 Å². The van der Waals surface area contributed by atoms with Crippen molar-refractivity contribution in [1.29, 1.82) is 0 Å². The van der Waals surface area contributed by atoms with Crippen molar-refractivity contribution in [2.45, 2.75) is 13.0 Å². The Morgan fingerprint density at radius 1 is 1.16 bits per heavy atom. The number of ether oxygens (including phenoxy) is 2. The molecule has 0 bridgehead atoms. The average molecular weight is 342 g/mol. The van der Waals surface area contributed by atoms with Crippen molar-refractivity contribution in [2.24, 2.45) is 0 Å². The summed E-state index contributed by atoms with van der Waals surface area (Å²) < 4.78 is 11.5. The zero-order valence-electron chi connectivity index (χ0n) is 13.7. The third-order valence-corrected chi connectivity index (χ3v) is 3.85. The Bertz CT molecular complexity index is 793. The van der Waals surface area contributed by atoms with E-state index < -0.39 is 5.97 Å². The second-order valence-electron chi connectivity index (χ2n) is 5.55. The zero-order valence-corrected chi connectivity index (χ0v) is 13.7. The minimum atomic E-state index is -1.17. The van der Waals surface area contributed by atoms with Crippen molar-refractivity contribution >= 4 is 11.9 Å². The third kappa shape index (κ3) is 3.71. The third-order valence-electron chi connectivity index (χ3n) is 3.85. The quantitative estimate of drug-likeness (QED) is 0.895. The second kappa shape index (κ2) is 7.21. The van der Waals surface area contributed by atoms with Crippen molar-refractivity contribution in [3.05, 3.63) is 53.9 Å². The van der Waals surface area contributed by atoms with Crippen LogP contribution in [0.1, 0.15) is 27.9 Å². The van der Waals surface area contributed by atoms with Crippen LogP contribution in [0.4, 0.5) is 0 Å². The predicted octanol–water partition coefficient (Wildman–Crippen LogP) is 2.08. The fraction of sp³-hybridized carbons (Fsp3) is 0.278. The van der Waals surface area contributed by atoms with Gasteiger partial charge in [0.2, 0.25) is 0 Å². The maximum atomic E-state index is 12.6. The minimum Gasteiger partial charge on any atom is -0.486 e. The average Bonchev–Trinajstić information content (AvgIpc) is 2.65. The Morgan fingerprint density at radius 3 is 2.60 bits per heavy atom. The number of carboxylic acid groups (broad SMARTS) is 1. The molecular weight excluding hydrogens is 324 g/mol. The first-order valence-electron chi connectivity index (χ1n) is 7.96. The number of rotatable bonds is 5. The van der Waals surface area contributed by atoms with Gasteiger partial charge in [-0.05, 0) is 31.2 Å². The van der Waals surface area contributed by atoms with Gasteiger partial charge in [-0.25, -0.2) is 9.78 Å². The SMILES string of the molecule is CCN(CC1COc2ccccc2O1)C(=O)c1cccc(C(=O)O)n1. The molecule has 0 aliphatic carbocycles. The minimum absolute atomic E-state index is 0.0962. The monoisotopic (exact) mass is 342 g/mol. The lowest BCUT2D eigenvalue weighted by Gasteiger charge is -2.30. The lowest BCUT2D eigenvalue weighted by Crippen LogP contribution is -2.43. The van der Waals surface area contributed by atoms with Gasteiger partial charge in [-0.1, -0.05) is 18.2 Å². The van der Waals surface area contributed by atoms with E-state index in [0.29, 0.717) is 31.2 Å².